The van der Waals surface area contributed by atoms with E-state index >= 15 is 0 Å². The van der Waals surface area contributed by atoms with Crippen molar-refractivity contribution in [3.05, 3.63) is 212 Å². The third-order valence-electron chi connectivity index (χ3n) is 11.8. The molecule has 0 spiro atoms. The predicted molar refractivity (Wildman–Crippen MR) is 240 cm³/mol. The van der Waals surface area contributed by atoms with Gasteiger partial charge in [-0.05, 0) is 60.2 Å². The molecular weight excluding hydrogens is 691 g/mol. The van der Waals surface area contributed by atoms with Crippen molar-refractivity contribution in [1.82, 2.24) is 13.7 Å². The lowest BCUT2D eigenvalue weighted by molar-refractivity contribution is 1.16. The molecule has 266 valence electrons. The highest BCUT2D eigenvalue weighted by atomic mass is 15.0. The Morgan fingerprint density at radius 2 is 0.684 bits per heavy atom. The molecule has 0 amide bonds. The second kappa shape index (κ2) is 12.5. The van der Waals surface area contributed by atoms with Crippen molar-refractivity contribution < 1.29 is 0 Å². The van der Waals surface area contributed by atoms with E-state index in [0.29, 0.717) is 0 Å². The molecule has 0 atom stereocenters. The highest BCUT2D eigenvalue weighted by Gasteiger charge is 2.24. The van der Waals surface area contributed by atoms with Gasteiger partial charge in [0.2, 0.25) is 0 Å². The minimum Gasteiger partial charge on any atom is -0.309 e. The number of para-hydroxylation sites is 7. The Morgan fingerprint density at radius 3 is 1.32 bits per heavy atom. The zero-order valence-corrected chi connectivity index (χ0v) is 31.0. The van der Waals surface area contributed by atoms with Gasteiger partial charge in [-0.1, -0.05) is 158 Å². The number of fused-ring (bicyclic) bond motifs is 10. The predicted octanol–water partition coefficient (Wildman–Crippen LogP) is 14.3. The molecule has 0 bridgehead atoms. The van der Waals surface area contributed by atoms with Crippen LogP contribution < -0.4 is 0 Å². The largest absolute Gasteiger partial charge is 0.309 e. The molecule has 0 aliphatic heterocycles. The molecule has 0 fully saturated rings. The quantitative estimate of drug-likeness (QED) is 0.168. The number of benzene rings is 9. The average Bonchev–Trinajstić information content (AvgIpc) is 3.92. The van der Waals surface area contributed by atoms with Crippen LogP contribution in [0, 0.1) is 0 Å². The molecule has 9 aromatic carbocycles. The highest BCUT2D eigenvalue weighted by Crippen LogP contribution is 2.46. The van der Waals surface area contributed by atoms with Crippen LogP contribution >= 0.6 is 0 Å². The number of hydrogen-bond donors (Lipinski definition) is 0. The summed E-state index contributed by atoms with van der Waals surface area (Å²) < 4.78 is 7.41. The van der Waals surface area contributed by atoms with Crippen molar-refractivity contribution in [3.63, 3.8) is 0 Å². The zero-order valence-electron chi connectivity index (χ0n) is 31.0. The van der Waals surface area contributed by atoms with Crippen molar-refractivity contribution in [2.75, 3.05) is 0 Å². The Labute approximate surface area is 329 Å². The molecule has 3 heterocycles. The Morgan fingerprint density at radius 1 is 0.246 bits per heavy atom. The molecule has 3 aromatic heterocycles. The molecule has 3 heteroatoms. The summed E-state index contributed by atoms with van der Waals surface area (Å²) in [7, 11) is 0. The Bertz CT molecular complexity index is 3460. The fourth-order valence-electron chi connectivity index (χ4n) is 9.55. The standard InChI is InChI=1S/C54H35N3/c1-3-18-36(19-4-1)38-27-17-28-42(54(38)57-46-30-13-7-22-39(46)40-23-8-14-31-47(40)57)41-24-9-12-29-45(41)56-49-33-16-11-26-44(49)53-51(56)35-34-50-52(53)43-25-10-15-32-48(43)55(50)37-20-5-2-6-21-37/h1-35H. The van der Waals surface area contributed by atoms with Crippen LogP contribution in [0.3, 0.4) is 0 Å². The maximum Gasteiger partial charge on any atom is 0.0619 e. The van der Waals surface area contributed by atoms with E-state index < -0.39 is 0 Å². The van der Waals surface area contributed by atoms with Gasteiger partial charge >= 0.3 is 0 Å². The SMILES string of the molecule is c1ccc(-c2cccc(-c3ccccc3-n3c4ccccc4c4c5c6ccccc6n(-c6ccccc6)c5ccc43)c2-n2c3ccccc3c3ccccc32)cc1. The minimum absolute atomic E-state index is 1.14. The van der Waals surface area contributed by atoms with Crippen molar-refractivity contribution in [3.8, 4) is 39.3 Å². The van der Waals surface area contributed by atoms with Gasteiger partial charge in [0.25, 0.3) is 0 Å². The minimum atomic E-state index is 1.14. The average molecular weight is 726 g/mol. The Balaban J connectivity index is 1.20. The Hall–Kier alpha value is -7.62. The summed E-state index contributed by atoms with van der Waals surface area (Å²) in [6.07, 6.45) is 0. The summed E-state index contributed by atoms with van der Waals surface area (Å²) in [5, 5.41) is 7.53. The van der Waals surface area contributed by atoms with E-state index in [0.717, 1.165) is 11.4 Å². The molecule has 0 saturated heterocycles. The van der Waals surface area contributed by atoms with Gasteiger partial charge in [0, 0.05) is 54.7 Å². The summed E-state index contributed by atoms with van der Waals surface area (Å²) in [5.41, 5.74) is 15.3. The molecule has 0 radical (unpaired) electrons. The highest BCUT2D eigenvalue weighted by molar-refractivity contribution is 6.29. The lowest BCUT2D eigenvalue weighted by atomic mass is 9.94. The van der Waals surface area contributed by atoms with Gasteiger partial charge in [-0.2, -0.15) is 0 Å². The topological polar surface area (TPSA) is 14.8 Å². The van der Waals surface area contributed by atoms with Crippen LogP contribution in [0.4, 0.5) is 0 Å². The maximum atomic E-state index is 2.50. The van der Waals surface area contributed by atoms with E-state index in [-0.39, 0.29) is 0 Å². The Kier molecular flexibility index (Phi) is 6.93. The molecule has 12 aromatic rings. The van der Waals surface area contributed by atoms with Crippen LogP contribution in [0.25, 0.3) is 105 Å². The molecule has 12 rings (SSSR count). The molecule has 3 nitrogen and oxygen atoms in total. The van der Waals surface area contributed by atoms with Gasteiger partial charge in [0.15, 0.2) is 0 Å². The first-order valence-corrected chi connectivity index (χ1v) is 19.6. The van der Waals surface area contributed by atoms with Crippen LogP contribution in [-0.4, -0.2) is 13.7 Å². The van der Waals surface area contributed by atoms with Crippen molar-refractivity contribution >= 4 is 65.4 Å². The van der Waals surface area contributed by atoms with E-state index in [2.05, 4.69) is 226 Å². The van der Waals surface area contributed by atoms with Gasteiger partial charge in [-0.3, -0.25) is 0 Å². The van der Waals surface area contributed by atoms with E-state index in [1.807, 2.05) is 0 Å². The van der Waals surface area contributed by atoms with Crippen molar-refractivity contribution in [1.29, 1.82) is 0 Å². The lowest BCUT2D eigenvalue weighted by Crippen LogP contribution is -2.03. The molecule has 0 saturated carbocycles. The first kappa shape index (κ1) is 31.7. The number of nitrogens with zero attached hydrogens (tertiary/aromatic N) is 3. The van der Waals surface area contributed by atoms with Crippen molar-refractivity contribution in [2.24, 2.45) is 0 Å². The van der Waals surface area contributed by atoms with E-state index in [4.69, 9.17) is 0 Å². The van der Waals surface area contributed by atoms with Crippen LogP contribution in [0.2, 0.25) is 0 Å². The van der Waals surface area contributed by atoms with Gasteiger partial charge < -0.3 is 13.7 Å². The molecule has 0 aliphatic carbocycles. The summed E-state index contributed by atoms with van der Waals surface area (Å²) in [4.78, 5) is 0. The first-order chi connectivity index (χ1) is 28.3. The monoisotopic (exact) mass is 725 g/mol. The molecule has 0 aliphatic rings. The number of rotatable bonds is 5. The molecule has 57 heavy (non-hydrogen) atoms. The van der Waals surface area contributed by atoms with Crippen LogP contribution in [0.5, 0.6) is 0 Å². The van der Waals surface area contributed by atoms with Crippen LogP contribution in [-0.2, 0) is 0 Å². The summed E-state index contributed by atoms with van der Waals surface area (Å²) >= 11 is 0. The molecule has 0 N–H and O–H groups in total. The van der Waals surface area contributed by atoms with E-state index in [1.54, 1.807) is 0 Å². The van der Waals surface area contributed by atoms with Gasteiger partial charge in [0.1, 0.15) is 0 Å². The second-order valence-electron chi connectivity index (χ2n) is 14.8. The van der Waals surface area contributed by atoms with Crippen LogP contribution in [0.15, 0.2) is 212 Å². The van der Waals surface area contributed by atoms with Gasteiger partial charge in [-0.15, -0.1) is 0 Å². The third-order valence-corrected chi connectivity index (χ3v) is 11.8. The first-order valence-electron chi connectivity index (χ1n) is 19.6. The summed E-state index contributed by atoms with van der Waals surface area (Å²) in [5.74, 6) is 0. The third kappa shape index (κ3) is 4.60. The fraction of sp³-hybridized carbons (Fsp3) is 0. The maximum absolute atomic E-state index is 2.50. The normalized spacial score (nSPS) is 11.9. The summed E-state index contributed by atoms with van der Waals surface area (Å²) in [6.45, 7) is 0. The fourth-order valence-corrected chi connectivity index (χ4v) is 9.55. The lowest BCUT2D eigenvalue weighted by Gasteiger charge is -2.21. The number of hydrogen-bond acceptors (Lipinski definition) is 0. The zero-order chi connectivity index (χ0) is 37.5. The van der Waals surface area contributed by atoms with Crippen molar-refractivity contribution in [2.45, 2.75) is 0 Å². The van der Waals surface area contributed by atoms with Crippen LogP contribution in [0.1, 0.15) is 0 Å². The second-order valence-corrected chi connectivity index (χ2v) is 14.8. The van der Waals surface area contributed by atoms with Gasteiger partial charge in [0.05, 0.1) is 44.5 Å². The van der Waals surface area contributed by atoms with E-state index in [9.17, 15) is 0 Å². The molecular formula is C54H35N3. The molecule has 0 unspecified atom stereocenters. The van der Waals surface area contributed by atoms with Gasteiger partial charge in [-0.25, -0.2) is 0 Å². The smallest absolute Gasteiger partial charge is 0.0619 e. The summed E-state index contributed by atoms with van der Waals surface area (Å²) in [6, 6.07) is 77.4. The van der Waals surface area contributed by atoms with E-state index in [1.165, 1.54) is 93.4 Å². The number of aromatic nitrogens is 3.